The molecule has 0 aliphatic heterocycles. The Kier molecular flexibility index (Phi) is 3.68. The van der Waals surface area contributed by atoms with Crippen LogP contribution in [0, 0.1) is 11.8 Å². The lowest BCUT2D eigenvalue weighted by Gasteiger charge is -2.25. The minimum Gasteiger partial charge on any atom is -0.481 e. The van der Waals surface area contributed by atoms with Gasteiger partial charge in [-0.2, -0.15) is 0 Å². The van der Waals surface area contributed by atoms with E-state index in [1.54, 1.807) is 0 Å². The van der Waals surface area contributed by atoms with Crippen molar-refractivity contribution in [2.24, 2.45) is 11.8 Å². The lowest BCUT2D eigenvalue weighted by atomic mass is 9.81. The number of nitrogens with one attached hydrogen (secondary N) is 1. The van der Waals surface area contributed by atoms with Crippen LogP contribution in [0.2, 0.25) is 0 Å². The molecule has 1 aliphatic rings. The van der Waals surface area contributed by atoms with Crippen LogP contribution in [0.5, 0.6) is 0 Å². The molecule has 0 bridgehead atoms. The van der Waals surface area contributed by atoms with E-state index in [1.165, 1.54) is 6.20 Å². The maximum absolute atomic E-state index is 11.9. The molecule has 1 saturated carbocycles. The molecule has 7 heteroatoms. The van der Waals surface area contributed by atoms with Gasteiger partial charge in [-0.3, -0.25) is 9.59 Å². The summed E-state index contributed by atoms with van der Waals surface area (Å²) in [6.45, 7) is 0. The average molecular weight is 255 g/mol. The van der Waals surface area contributed by atoms with Gasteiger partial charge in [0.1, 0.15) is 5.00 Å². The molecular formula is C10H13N3O3S. The number of rotatable bonds is 3. The number of carbonyl (C=O) groups excluding carboxylic acids is 1. The maximum Gasteiger partial charge on any atom is 0.306 e. The van der Waals surface area contributed by atoms with Gasteiger partial charge in [0.05, 0.1) is 12.1 Å². The van der Waals surface area contributed by atoms with E-state index in [0.717, 1.165) is 24.4 Å². The summed E-state index contributed by atoms with van der Waals surface area (Å²) in [6.07, 6.45) is 4.12. The highest BCUT2D eigenvalue weighted by atomic mass is 32.1. The molecule has 2 atom stereocenters. The van der Waals surface area contributed by atoms with E-state index in [2.05, 4.69) is 14.9 Å². The van der Waals surface area contributed by atoms with E-state index in [4.69, 9.17) is 5.11 Å². The first-order valence-corrected chi connectivity index (χ1v) is 6.25. The SMILES string of the molecule is O=C(O)C1CCCC(C(=O)Nc2cnns2)C1. The zero-order valence-corrected chi connectivity index (χ0v) is 9.94. The molecule has 17 heavy (non-hydrogen) atoms. The predicted molar refractivity (Wildman–Crippen MR) is 61.6 cm³/mol. The molecule has 1 heterocycles. The third-order valence-electron chi connectivity index (χ3n) is 3.00. The molecule has 2 rings (SSSR count). The molecule has 1 aliphatic carbocycles. The van der Waals surface area contributed by atoms with Crippen LogP contribution in [-0.2, 0) is 9.59 Å². The number of aromatic nitrogens is 2. The first kappa shape index (κ1) is 12.0. The Morgan fingerprint density at radius 3 is 2.82 bits per heavy atom. The van der Waals surface area contributed by atoms with E-state index in [1.807, 2.05) is 0 Å². The Balaban J connectivity index is 1.93. The van der Waals surface area contributed by atoms with E-state index >= 15 is 0 Å². The molecule has 6 nitrogen and oxygen atoms in total. The number of hydrogen-bond acceptors (Lipinski definition) is 5. The summed E-state index contributed by atoms with van der Waals surface area (Å²) in [4.78, 5) is 22.8. The first-order chi connectivity index (χ1) is 8.16. The summed E-state index contributed by atoms with van der Waals surface area (Å²) < 4.78 is 3.65. The molecule has 1 amide bonds. The van der Waals surface area contributed by atoms with Gasteiger partial charge in [-0.05, 0) is 19.3 Å². The van der Waals surface area contributed by atoms with Crippen LogP contribution in [0.4, 0.5) is 5.00 Å². The summed E-state index contributed by atoms with van der Waals surface area (Å²) in [5, 5.41) is 15.9. The summed E-state index contributed by atoms with van der Waals surface area (Å²) >= 11 is 1.11. The van der Waals surface area contributed by atoms with Gasteiger partial charge in [0.25, 0.3) is 0 Å². The lowest BCUT2D eigenvalue weighted by Crippen LogP contribution is -2.30. The van der Waals surface area contributed by atoms with Gasteiger partial charge in [-0.15, -0.1) is 5.10 Å². The van der Waals surface area contributed by atoms with Crippen LogP contribution in [0.1, 0.15) is 25.7 Å². The predicted octanol–water partition coefficient (Wildman–Crippen LogP) is 1.37. The van der Waals surface area contributed by atoms with Crippen molar-refractivity contribution in [1.82, 2.24) is 9.59 Å². The van der Waals surface area contributed by atoms with Crippen molar-refractivity contribution in [3.63, 3.8) is 0 Å². The van der Waals surface area contributed by atoms with Crippen molar-refractivity contribution in [2.45, 2.75) is 25.7 Å². The standard InChI is InChI=1S/C10H13N3O3S/c14-9(12-8-5-11-13-17-8)6-2-1-3-7(4-6)10(15)16/h5-7H,1-4H2,(H,12,14)(H,15,16). The van der Waals surface area contributed by atoms with Crippen molar-refractivity contribution in [1.29, 1.82) is 0 Å². The van der Waals surface area contributed by atoms with E-state index in [9.17, 15) is 9.59 Å². The fourth-order valence-electron chi connectivity index (χ4n) is 2.10. The number of aliphatic carboxylic acids is 1. The lowest BCUT2D eigenvalue weighted by molar-refractivity contribution is -0.143. The van der Waals surface area contributed by atoms with E-state index < -0.39 is 5.97 Å². The van der Waals surface area contributed by atoms with Crippen LogP contribution >= 0.6 is 11.5 Å². The van der Waals surface area contributed by atoms with Crippen LogP contribution in [0.25, 0.3) is 0 Å². The first-order valence-electron chi connectivity index (χ1n) is 5.48. The zero-order valence-electron chi connectivity index (χ0n) is 9.13. The summed E-state index contributed by atoms with van der Waals surface area (Å²) in [5.74, 6) is -1.53. The summed E-state index contributed by atoms with van der Waals surface area (Å²) in [6, 6.07) is 0. The second kappa shape index (κ2) is 5.22. The topological polar surface area (TPSA) is 92.2 Å². The smallest absolute Gasteiger partial charge is 0.306 e. The fourth-order valence-corrected chi connectivity index (χ4v) is 2.52. The molecule has 0 saturated heterocycles. The zero-order chi connectivity index (χ0) is 12.3. The van der Waals surface area contributed by atoms with Crippen molar-refractivity contribution in [3.05, 3.63) is 6.20 Å². The highest BCUT2D eigenvalue weighted by molar-refractivity contribution is 7.10. The highest BCUT2D eigenvalue weighted by Gasteiger charge is 2.31. The molecule has 1 fully saturated rings. The molecule has 1 aromatic heterocycles. The van der Waals surface area contributed by atoms with Gasteiger partial charge in [0.15, 0.2) is 0 Å². The number of nitrogens with zero attached hydrogens (tertiary/aromatic N) is 2. The third kappa shape index (κ3) is 3.00. The van der Waals surface area contributed by atoms with Crippen LogP contribution in [0.3, 0.4) is 0 Å². The molecule has 0 aromatic carbocycles. The monoisotopic (exact) mass is 255 g/mol. The van der Waals surface area contributed by atoms with E-state index in [0.29, 0.717) is 17.8 Å². The summed E-state index contributed by atoms with van der Waals surface area (Å²) in [7, 11) is 0. The Bertz CT molecular complexity index is 407. The maximum atomic E-state index is 11.9. The number of anilines is 1. The van der Waals surface area contributed by atoms with Gasteiger partial charge in [0, 0.05) is 17.5 Å². The second-order valence-electron chi connectivity index (χ2n) is 4.17. The Morgan fingerprint density at radius 1 is 1.41 bits per heavy atom. The van der Waals surface area contributed by atoms with Gasteiger partial charge in [-0.1, -0.05) is 10.9 Å². The average Bonchev–Trinajstić information content (AvgIpc) is 2.82. The second-order valence-corrected chi connectivity index (χ2v) is 4.96. The Labute approximate surface area is 102 Å². The van der Waals surface area contributed by atoms with Crippen molar-refractivity contribution >= 4 is 28.4 Å². The molecule has 92 valence electrons. The van der Waals surface area contributed by atoms with Gasteiger partial charge >= 0.3 is 5.97 Å². The quantitative estimate of drug-likeness (QED) is 0.851. The number of carboxylic acid groups (broad SMARTS) is 1. The number of carbonyl (C=O) groups is 2. The molecule has 2 unspecified atom stereocenters. The van der Waals surface area contributed by atoms with Crippen LogP contribution in [0.15, 0.2) is 6.20 Å². The summed E-state index contributed by atoms with van der Waals surface area (Å²) in [5.41, 5.74) is 0. The minimum atomic E-state index is -0.804. The number of hydrogen-bond donors (Lipinski definition) is 2. The van der Waals surface area contributed by atoms with Gasteiger partial charge in [-0.25, -0.2) is 0 Å². The van der Waals surface area contributed by atoms with E-state index in [-0.39, 0.29) is 17.7 Å². The highest BCUT2D eigenvalue weighted by Crippen LogP contribution is 2.30. The fraction of sp³-hybridized carbons (Fsp3) is 0.600. The molecule has 0 radical (unpaired) electrons. The van der Waals surface area contributed by atoms with Crippen LogP contribution in [-0.4, -0.2) is 26.6 Å². The molecule has 2 N–H and O–H groups in total. The van der Waals surface area contributed by atoms with Gasteiger partial charge in [0.2, 0.25) is 5.91 Å². The molecular weight excluding hydrogens is 242 g/mol. The molecule has 0 spiro atoms. The van der Waals surface area contributed by atoms with Crippen LogP contribution < -0.4 is 5.32 Å². The van der Waals surface area contributed by atoms with Crippen molar-refractivity contribution in [3.8, 4) is 0 Å². The van der Waals surface area contributed by atoms with Crippen molar-refractivity contribution < 1.29 is 14.7 Å². The minimum absolute atomic E-state index is 0.123. The Hall–Kier alpha value is -1.50. The Morgan fingerprint density at radius 2 is 2.18 bits per heavy atom. The van der Waals surface area contributed by atoms with Gasteiger partial charge < -0.3 is 10.4 Å². The van der Waals surface area contributed by atoms with Crippen molar-refractivity contribution in [2.75, 3.05) is 5.32 Å². The largest absolute Gasteiger partial charge is 0.481 e. The third-order valence-corrected chi connectivity index (χ3v) is 3.58. The molecule has 1 aromatic rings. The normalized spacial score (nSPS) is 24.2. The number of carboxylic acids is 1. The number of amides is 1.